The zero-order chi connectivity index (χ0) is 13.3. The molecule has 1 saturated heterocycles. The molecule has 0 amide bonds. The van der Waals surface area contributed by atoms with E-state index in [0.717, 1.165) is 0 Å². The van der Waals surface area contributed by atoms with Gasteiger partial charge < -0.3 is 20.3 Å². The van der Waals surface area contributed by atoms with E-state index in [-0.39, 0.29) is 30.0 Å². The minimum atomic E-state index is -0.918. The van der Waals surface area contributed by atoms with Crippen molar-refractivity contribution < 1.29 is 24.1 Å². The maximum absolute atomic E-state index is 13.9. The molecule has 98 valence electrons. The van der Waals surface area contributed by atoms with Crippen molar-refractivity contribution in [2.45, 2.75) is 12.5 Å². The third-order valence-electron chi connectivity index (χ3n) is 3.15. The number of hydrogen-bond acceptors (Lipinski definition) is 4. The Morgan fingerprint density at radius 1 is 1.56 bits per heavy atom. The molecule has 2 unspecified atom stereocenters. The number of phenols is 1. The summed E-state index contributed by atoms with van der Waals surface area (Å²) in [6, 6.07) is 2.00. The average molecular weight is 255 g/mol. The highest BCUT2D eigenvalue weighted by molar-refractivity contribution is 5.71. The van der Waals surface area contributed by atoms with Gasteiger partial charge in [0.25, 0.3) is 0 Å². The van der Waals surface area contributed by atoms with E-state index in [2.05, 4.69) is 5.32 Å². The van der Waals surface area contributed by atoms with Gasteiger partial charge >= 0.3 is 5.97 Å². The van der Waals surface area contributed by atoms with Gasteiger partial charge in [-0.05, 0) is 6.42 Å². The second-order valence-electron chi connectivity index (χ2n) is 4.27. The molecule has 1 heterocycles. The zero-order valence-corrected chi connectivity index (χ0v) is 9.81. The summed E-state index contributed by atoms with van der Waals surface area (Å²) in [6.45, 7) is 0.269. The van der Waals surface area contributed by atoms with Crippen molar-refractivity contribution in [1.82, 2.24) is 5.32 Å². The van der Waals surface area contributed by atoms with E-state index in [0.29, 0.717) is 0 Å². The maximum Gasteiger partial charge on any atom is 0.307 e. The van der Waals surface area contributed by atoms with Crippen molar-refractivity contribution in [2.24, 2.45) is 5.92 Å². The van der Waals surface area contributed by atoms with E-state index in [1.165, 1.54) is 19.2 Å². The summed E-state index contributed by atoms with van der Waals surface area (Å²) in [6.07, 6.45) is 0.256. The second kappa shape index (κ2) is 4.81. The van der Waals surface area contributed by atoms with Gasteiger partial charge in [-0.1, -0.05) is 0 Å². The van der Waals surface area contributed by atoms with E-state index < -0.39 is 23.7 Å². The molecule has 0 saturated carbocycles. The topological polar surface area (TPSA) is 78.8 Å². The van der Waals surface area contributed by atoms with E-state index in [9.17, 15) is 14.3 Å². The molecule has 0 aliphatic carbocycles. The molecule has 1 aliphatic heterocycles. The summed E-state index contributed by atoms with van der Waals surface area (Å²) in [7, 11) is 1.38. The van der Waals surface area contributed by atoms with Gasteiger partial charge in [-0.25, -0.2) is 4.39 Å². The number of nitrogens with one attached hydrogen (secondary N) is 1. The van der Waals surface area contributed by atoms with Crippen molar-refractivity contribution in [2.75, 3.05) is 13.7 Å². The Morgan fingerprint density at radius 2 is 2.28 bits per heavy atom. The SMILES string of the molecule is COc1cc(O)c(C2CC(C(=O)O)CN2)c(F)c1. The van der Waals surface area contributed by atoms with Crippen LogP contribution >= 0.6 is 0 Å². The lowest BCUT2D eigenvalue weighted by atomic mass is 9.99. The number of benzene rings is 1. The van der Waals surface area contributed by atoms with Crippen LogP contribution in [-0.2, 0) is 4.79 Å². The third kappa shape index (κ3) is 2.24. The monoisotopic (exact) mass is 255 g/mol. The smallest absolute Gasteiger partial charge is 0.307 e. The fourth-order valence-electron chi connectivity index (χ4n) is 2.19. The Hall–Kier alpha value is -1.82. The van der Waals surface area contributed by atoms with Crippen LogP contribution in [0.5, 0.6) is 11.5 Å². The van der Waals surface area contributed by atoms with Crippen molar-refractivity contribution in [3.05, 3.63) is 23.5 Å². The van der Waals surface area contributed by atoms with Crippen LogP contribution < -0.4 is 10.1 Å². The van der Waals surface area contributed by atoms with Crippen LogP contribution in [0.2, 0.25) is 0 Å². The van der Waals surface area contributed by atoms with Crippen LogP contribution in [0, 0.1) is 11.7 Å². The number of methoxy groups -OCH3 is 1. The summed E-state index contributed by atoms with van der Waals surface area (Å²) in [5, 5.41) is 21.6. The van der Waals surface area contributed by atoms with Gasteiger partial charge in [-0.2, -0.15) is 0 Å². The summed E-state index contributed by atoms with van der Waals surface area (Å²) in [4.78, 5) is 10.8. The lowest BCUT2D eigenvalue weighted by molar-refractivity contribution is -0.141. The average Bonchev–Trinajstić information content (AvgIpc) is 2.77. The van der Waals surface area contributed by atoms with E-state index in [4.69, 9.17) is 9.84 Å². The Labute approximate surface area is 103 Å². The normalized spacial score (nSPS) is 23.0. The van der Waals surface area contributed by atoms with Gasteiger partial charge in [-0.3, -0.25) is 4.79 Å². The highest BCUT2D eigenvalue weighted by Gasteiger charge is 2.33. The number of carbonyl (C=O) groups is 1. The molecule has 3 N–H and O–H groups in total. The molecule has 1 aromatic carbocycles. The molecular formula is C12H14FNO4. The van der Waals surface area contributed by atoms with Gasteiger partial charge in [0.2, 0.25) is 0 Å². The number of rotatable bonds is 3. The Bertz CT molecular complexity index is 454. The van der Waals surface area contributed by atoms with Crippen LogP contribution in [0.3, 0.4) is 0 Å². The molecule has 2 rings (SSSR count). The molecule has 0 bridgehead atoms. The molecule has 0 radical (unpaired) electrons. The highest BCUT2D eigenvalue weighted by atomic mass is 19.1. The lowest BCUT2D eigenvalue weighted by Gasteiger charge is -2.14. The van der Waals surface area contributed by atoms with Gasteiger partial charge in [-0.15, -0.1) is 0 Å². The Morgan fingerprint density at radius 3 is 2.78 bits per heavy atom. The van der Waals surface area contributed by atoms with Crippen LogP contribution in [0.25, 0.3) is 0 Å². The number of halogens is 1. The first kappa shape index (κ1) is 12.6. The van der Waals surface area contributed by atoms with Crippen molar-refractivity contribution in [1.29, 1.82) is 0 Å². The van der Waals surface area contributed by atoms with E-state index in [1.807, 2.05) is 0 Å². The number of hydrogen-bond donors (Lipinski definition) is 3. The number of ether oxygens (including phenoxy) is 1. The molecular weight excluding hydrogens is 241 g/mol. The van der Waals surface area contributed by atoms with Crippen molar-refractivity contribution in [3.8, 4) is 11.5 Å². The number of aliphatic carboxylic acids is 1. The Balaban J connectivity index is 2.27. The zero-order valence-electron chi connectivity index (χ0n) is 9.81. The molecule has 1 aromatic rings. The number of carboxylic acids is 1. The number of phenolic OH excluding ortho intramolecular Hbond substituents is 1. The van der Waals surface area contributed by atoms with Crippen molar-refractivity contribution in [3.63, 3.8) is 0 Å². The Kier molecular flexibility index (Phi) is 3.38. The van der Waals surface area contributed by atoms with E-state index in [1.54, 1.807) is 0 Å². The summed E-state index contributed by atoms with van der Waals surface area (Å²) in [5.74, 6) is -2.08. The fourth-order valence-corrected chi connectivity index (χ4v) is 2.19. The predicted octanol–water partition coefficient (Wildman–Crippen LogP) is 1.28. The van der Waals surface area contributed by atoms with E-state index >= 15 is 0 Å². The quantitative estimate of drug-likeness (QED) is 0.758. The van der Waals surface area contributed by atoms with Crippen LogP contribution in [-0.4, -0.2) is 29.8 Å². The minimum Gasteiger partial charge on any atom is -0.507 e. The summed E-state index contributed by atoms with van der Waals surface area (Å²) < 4.78 is 18.7. The second-order valence-corrected chi connectivity index (χ2v) is 4.27. The largest absolute Gasteiger partial charge is 0.507 e. The van der Waals surface area contributed by atoms with Gasteiger partial charge in [0.05, 0.1) is 13.0 Å². The van der Waals surface area contributed by atoms with Crippen molar-refractivity contribution >= 4 is 5.97 Å². The molecule has 2 atom stereocenters. The number of aromatic hydroxyl groups is 1. The maximum atomic E-state index is 13.9. The number of carboxylic acid groups (broad SMARTS) is 1. The van der Waals surface area contributed by atoms with Gasteiger partial charge in [0, 0.05) is 30.3 Å². The molecule has 0 aromatic heterocycles. The van der Waals surface area contributed by atoms with Crippen LogP contribution in [0.1, 0.15) is 18.0 Å². The summed E-state index contributed by atoms with van der Waals surface area (Å²) in [5.41, 5.74) is 0.0968. The lowest BCUT2D eigenvalue weighted by Crippen LogP contribution is -2.17. The first-order valence-corrected chi connectivity index (χ1v) is 5.55. The van der Waals surface area contributed by atoms with Gasteiger partial charge in [0.1, 0.15) is 17.3 Å². The molecule has 0 spiro atoms. The highest BCUT2D eigenvalue weighted by Crippen LogP contribution is 2.36. The summed E-state index contributed by atoms with van der Waals surface area (Å²) >= 11 is 0. The van der Waals surface area contributed by atoms with Gasteiger partial charge in [0.15, 0.2) is 0 Å². The van der Waals surface area contributed by atoms with Crippen LogP contribution in [0.4, 0.5) is 4.39 Å². The first-order chi connectivity index (χ1) is 8.52. The molecule has 6 heteroatoms. The predicted molar refractivity (Wildman–Crippen MR) is 61.1 cm³/mol. The molecule has 1 fully saturated rings. The standard InChI is InChI=1S/C12H14FNO4/c1-18-7-3-8(13)11(10(15)4-7)9-2-6(5-14-9)12(16)17/h3-4,6,9,14-15H,2,5H2,1H3,(H,16,17). The molecule has 5 nitrogen and oxygen atoms in total. The molecule has 1 aliphatic rings. The minimum absolute atomic E-state index is 0.0968. The fraction of sp³-hybridized carbons (Fsp3) is 0.417. The van der Waals surface area contributed by atoms with Crippen LogP contribution in [0.15, 0.2) is 12.1 Å². The molecule has 18 heavy (non-hydrogen) atoms. The third-order valence-corrected chi connectivity index (χ3v) is 3.15. The first-order valence-electron chi connectivity index (χ1n) is 5.55.